The van der Waals surface area contributed by atoms with E-state index in [1.807, 2.05) is 0 Å². The first kappa shape index (κ1) is 12.6. The van der Waals surface area contributed by atoms with Crippen LogP contribution in [-0.2, 0) is 18.3 Å². The van der Waals surface area contributed by atoms with Crippen LogP contribution in [0, 0.1) is 0 Å². The number of nitrogens with zero attached hydrogens (tertiary/aromatic N) is 1. The quantitative estimate of drug-likeness (QED) is 0.576. The first-order valence-electron chi connectivity index (χ1n) is 6.69. The van der Waals surface area contributed by atoms with Gasteiger partial charge in [-0.15, -0.1) is 0 Å². The number of ether oxygens (including phenoxy) is 1. The lowest BCUT2D eigenvalue weighted by molar-refractivity contribution is -0.909. The summed E-state index contributed by atoms with van der Waals surface area (Å²) in [6.07, 6.45) is 3.42. The molecule has 1 fully saturated rings. The molecule has 0 amide bonds. The molecule has 0 radical (unpaired) electrons. The Morgan fingerprint density at radius 1 is 1.41 bits per heavy atom. The monoisotopic (exact) mass is 239 g/mol. The third kappa shape index (κ3) is 4.15. The van der Waals surface area contributed by atoms with Crippen LogP contribution in [0.15, 0.2) is 18.3 Å². The van der Waals surface area contributed by atoms with Crippen LogP contribution >= 0.6 is 0 Å². The largest absolute Gasteiger partial charge is 0.370 e. The lowest BCUT2D eigenvalue weighted by Gasteiger charge is -2.23. The summed E-state index contributed by atoms with van der Waals surface area (Å²) in [4.78, 5) is 1.71. The van der Waals surface area contributed by atoms with Crippen LogP contribution in [0.25, 0.3) is 0 Å². The Kier molecular flexibility index (Phi) is 5.04. The second kappa shape index (κ2) is 6.79. The molecule has 96 valence electrons. The molecule has 1 aliphatic rings. The van der Waals surface area contributed by atoms with Gasteiger partial charge in [0.25, 0.3) is 0 Å². The summed E-state index contributed by atoms with van der Waals surface area (Å²) in [5, 5.41) is 2.41. The van der Waals surface area contributed by atoms with Crippen molar-refractivity contribution in [1.82, 2.24) is 4.57 Å². The molecule has 2 rings (SSSR count). The van der Waals surface area contributed by atoms with Crippen LogP contribution in [0.4, 0.5) is 0 Å². The number of nitrogens with two attached hydrogens (primary N) is 1. The molecule has 0 aromatic carbocycles. The Morgan fingerprint density at radius 3 is 2.94 bits per heavy atom. The molecular formula is C13H25N3O+2. The van der Waals surface area contributed by atoms with Crippen molar-refractivity contribution in [2.75, 3.05) is 39.4 Å². The first-order valence-corrected chi connectivity index (χ1v) is 6.69. The summed E-state index contributed by atoms with van der Waals surface area (Å²) in [6, 6.07) is 4.31. The zero-order valence-electron chi connectivity index (χ0n) is 10.8. The number of hydrogen-bond donors (Lipinski definition) is 2. The van der Waals surface area contributed by atoms with E-state index in [-0.39, 0.29) is 0 Å². The van der Waals surface area contributed by atoms with Crippen LogP contribution in [0.5, 0.6) is 0 Å². The molecule has 1 aromatic rings. The van der Waals surface area contributed by atoms with E-state index in [1.54, 1.807) is 4.90 Å². The van der Waals surface area contributed by atoms with E-state index in [9.17, 15) is 0 Å². The molecular weight excluding hydrogens is 214 g/mol. The van der Waals surface area contributed by atoms with Gasteiger partial charge in [0.15, 0.2) is 0 Å². The fourth-order valence-electron chi connectivity index (χ4n) is 2.36. The zero-order valence-corrected chi connectivity index (χ0v) is 10.8. The van der Waals surface area contributed by atoms with Gasteiger partial charge in [-0.3, -0.25) is 0 Å². The van der Waals surface area contributed by atoms with Crippen molar-refractivity contribution in [1.29, 1.82) is 0 Å². The molecule has 0 saturated carbocycles. The number of nitrogens with one attached hydrogen (secondary N) is 1. The Bertz CT molecular complexity index is 318. The number of morpholine rings is 1. The van der Waals surface area contributed by atoms with Crippen molar-refractivity contribution in [2.45, 2.75) is 13.0 Å². The molecule has 4 heteroatoms. The van der Waals surface area contributed by atoms with Crippen LogP contribution in [0.3, 0.4) is 0 Å². The molecule has 1 aliphatic heterocycles. The van der Waals surface area contributed by atoms with E-state index in [0.29, 0.717) is 0 Å². The van der Waals surface area contributed by atoms with Crippen molar-refractivity contribution in [3.05, 3.63) is 24.0 Å². The second-order valence-electron chi connectivity index (χ2n) is 4.86. The Morgan fingerprint density at radius 2 is 2.24 bits per heavy atom. The Labute approximate surface area is 104 Å². The van der Waals surface area contributed by atoms with E-state index in [1.165, 1.54) is 38.3 Å². The fraction of sp³-hybridized carbons (Fsp3) is 0.692. The van der Waals surface area contributed by atoms with E-state index < -0.39 is 0 Å². The van der Waals surface area contributed by atoms with Gasteiger partial charge < -0.3 is 19.5 Å². The highest BCUT2D eigenvalue weighted by molar-refractivity contribution is 5.04. The van der Waals surface area contributed by atoms with Crippen LogP contribution in [0.1, 0.15) is 12.1 Å². The van der Waals surface area contributed by atoms with Gasteiger partial charge >= 0.3 is 0 Å². The zero-order chi connectivity index (χ0) is 11.9. The van der Waals surface area contributed by atoms with E-state index in [0.717, 1.165) is 19.8 Å². The Balaban J connectivity index is 1.53. The number of aromatic nitrogens is 1. The summed E-state index contributed by atoms with van der Waals surface area (Å²) in [6.45, 7) is 7.91. The van der Waals surface area contributed by atoms with Crippen molar-refractivity contribution >= 4 is 0 Å². The first-order chi connectivity index (χ1) is 8.36. The lowest BCUT2D eigenvalue weighted by atomic mass is 10.3. The van der Waals surface area contributed by atoms with Gasteiger partial charge in [0.05, 0.1) is 32.0 Å². The van der Waals surface area contributed by atoms with Crippen molar-refractivity contribution in [3.8, 4) is 0 Å². The summed E-state index contributed by atoms with van der Waals surface area (Å²) < 4.78 is 7.56. The van der Waals surface area contributed by atoms with Gasteiger partial charge in [-0.25, -0.2) is 0 Å². The SMILES string of the molecule is Cn1cccc1C[NH2+]CCC[NH+]1CCOCC1. The van der Waals surface area contributed by atoms with Gasteiger partial charge in [-0.05, 0) is 12.1 Å². The summed E-state index contributed by atoms with van der Waals surface area (Å²) in [5.74, 6) is 0. The Hall–Kier alpha value is -0.840. The molecule has 1 saturated heterocycles. The normalized spacial score (nSPS) is 17.5. The van der Waals surface area contributed by atoms with Gasteiger partial charge in [0.2, 0.25) is 0 Å². The smallest absolute Gasteiger partial charge is 0.116 e. The number of hydrogen-bond acceptors (Lipinski definition) is 1. The maximum Gasteiger partial charge on any atom is 0.116 e. The molecule has 0 bridgehead atoms. The highest BCUT2D eigenvalue weighted by atomic mass is 16.5. The third-order valence-corrected chi connectivity index (χ3v) is 3.54. The van der Waals surface area contributed by atoms with E-state index in [4.69, 9.17) is 4.74 Å². The van der Waals surface area contributed by atoms with Crippen molar-refractivity contribution < 1.29 is 15.0 Å². The maximum absolute atomic E-state index is 5.36. The van der Waals surface area contributed by atoms with E-state index >= 15 is 0 Å². The van der Waals surface area contributed by atoms with Crippen LogP contribution in [0.2, 0.25) is 0 Å². The molecule has 4 nitrogen and oxygen atoms in total. The van der Waals surface area contributed by atoms with E-state index in [2.05, 4.69) is 35.3 Å². The predicted octanol–water partition coefficient (Wildman–Crippen LogP) is -1.61. The van der Waals surface area contributed by atoms with Gasteiger partial charge in [0.1, 0.15) is 19.6 Å². The summed E-state index contributed by atoms with van der Waals surface area (Å²) in [7, 11) is 2.11. The lowest BCUT2D eigenvalue weighted by Crippen LogP contribution is -3.14. The summed E-state index contributed by atoms with van der Waals surface area (Å²) in [5.41, 5.74) is 1.41. The fourth-order valence-corrected chi connectivity index (χ4v) is 2.36. The topological polar surface area (TPSA) is 35.2 Å². The minimum Gasteiger partial charge on any atom is -0.370 e. The maximum atomic E-state index is 5.36. The minimum absolute atomic E-state index is 0.947. The molecule has 0 unspecified atom stereocenters. The summed E-state index contributed by atoms with van der Waals surface area (Å²) >= 11 is 0. The molecule has 0 spiro atoms. The highest BCUT2D eigenvalue weighted by Gasteiger charge is 2.12. The van der Waals surface area contributed by atoms with Crippen molar-refractivity contribution in [3.63, 3.8) is 0 Å². The standard InChI is InChI=1S/C13H23N3O/c1-15-6-2-4-13(15)12-14-5-3-7-16-8-10-17-11-9-16/h2,4,6,14H,3,5,7-12H2,1H3/p+2. The average molecular weight is 239 g/mol. The second-order valence-corrected chi connectivity index (χ2v) is 4.86. The van der Waals surface area contributed by atoms with Crippen LogP contribution < -0.4 is 10.2 Å². The third-order valence-electron chi connectivity index (χ3n) is 3.54. The number of quaternary nitrogens is 2. The average Bonchev–Trinajstić information content (AvgIpc) is 2.76. The predicted molar refractivity (Wildman–Crippen MR) is 66.9 cm³/mol. The molecule has 1 aromatic heterocycles. The van der Waals surface area contributed by atoms with Gasteiger partial charge in [-0.2, -0.15) is 0 Å². The molecule has 2 heterocycles. The highest BCUT2D eigenvalue weighted by Crippen LogP contribution is 1.95. The molecule has 17 heavy (non-hydrogen) atoms. The van der Waals surface area contributed by atoms with Crippen molar-refractivity contribution in [2.24, 2.45) is 7.05 Å². The number of rotatable bonds is 6. The molecule has 0 atom stereocenters. The number of aryl methyl sites for hydroxylation is 1. The molecule has 0 aliphatic carbocycles. The van der Waals surface area contributed by atoms with Gasteiger partial charge in [-0.1, -0.05) is 0 Å². The molecule has 3 N–H and O–H groups in total. The minimum atomic E-state index is 0.947. The van der Waals surface area contributed by atoms with Gasteiger partial charge in [0, 0.05) is 19.7 Å². The van der Waals surface area contributed by atoms with Crippen LogP contribution in [-0.4, -0.2) is 44.0 Å².